The van der Waals surface area contributed by atoms with Gasteiger partial charge in [-0.05, 0) is 37.4 Å². The van der Waals surface area contributed by atoms with Gasteiger partial charge in [0.15, 0.2) is 0 Å². The van der Waals surface area contributed by atoms with E-state index in [4.69, 9.17) is 9.15 Å². The Kier molecular flexibility index (Phi) is 4.33. The normalized spacial score (nSPS) is 11.6. The van der Waals surface area contributed by atoms with E-state index in [1.165, 1.54) is 6.07 Å². The van der Waals surface area contributed by atoms with E-state index < -0.39 is 16.0 Å². The molecular formula is C16H15NO5S2. The van der Waals surface area contributed by atoms with Crippen molar-refractivity contribution >= 4 is 44.0 Å². The van der Waals surface area contributed by atoms with Crippen molar-refractivity contribution in [3.63, 3.8) is 0 Å². The summed E-state index contributed by atoms with van der Waals surface area (Å²) in [4.78, 5) is 12.0. The van der Waals surface area contributed by atoms with Gasteiger partial charge < -0.3 is 9.15 Å². The number of hydrogen-bond acceptors (Lipinski definition) is 6. The summed E-state index contributed by atoms with van der Waals surface area (Å²) in [5.74, 6) is -0.493. The van der Waals surface area contributed by atoms with Crippen LogP contribution in [-0.4, -0.2) is 21.0 Å². The molecule has 0 saturated carbocycles. The van der Waals surface area contributed by atoms with Gasteiger partial charge in [0, 0.05) is 10.9 Å². The topological polar surface area (TPSA) is 85.6 Å². The average molecular weight is 365 g/mol. The lowest BCUT2D eigenvalue weighted by Gasteiger charge is -2.07. The number of esters is 1. The summed E-state index contributed by atoms with van der Waals surface area (Å²) < 4.78 is 38.2. The van der Waals surface area contributed by atoms with E-state index in [1.54, 1.807) is 43.5 Å². The number of fused-ring (bicyclic) bond motifs is 1. The van der Waals surface area contributed by atoms with Crippen molar-refractivity contribution < 1.29 is 22.4 Å². The highest BCUT2D eigenvalue weighted by molar-refractivity contribution is 7.94. The minimum Gasteiger partial charge on any atom is -0.460 e. The number of carbonyl (C=O) groups excluding carboxylic acids is 1. The van der Waals surface area contributed by atoms with Crippen LogP contribution in [0.4, 0.5) is 5.69 Å². The molecule has 3 aromatic rings. The highest BCUT2D eigenvalue weighted by atomic mass is 32.2. The van der Waals surface area contributed by atoms with Crippen molar-refractivity contribution in [1.82, 2.24) is 0 Å². The molecule has 0 spiro atoms. The smallest absolute Gasteiger partial charge is 0.374 e. The van der Waals surface area contributed by atoms with Crippen molar-refractivity contribution in [3.05, 3.63) is 47.0 Å². The van der Waals surface area contributed by atoms with Crippen molar-refractivity contribution in [3.8, 4) is 0 Å². The van der Waals surface area contributed by atoms with Crippen molar-refractivity contribution in [2.45, 2.75) is 18.1 Å². The first-order valence-electron chi connectivity index (χ1n) is 7.19. The molecule has 0 aliphatic carbocycles. The van der Waals surface area contributed by atoms with E-state index in [9.17, 15) is 13.2 Å². The summed E-state index contributed by atoms with van der Waals surface area (Å²) in [6.45, 7) is 3.63. The average Bonchev–Trinajstić information content (AvgIpc) is 3.16. The van der Waals surface area contributed by atoms with E-state index in [2.05, 4.69) is 4.72 Å². The van der Waals surface area contributed by atoms with Crippen LogP contribution in [0.3, 0.4) is 0 Å². The molecule has 0 unspecified atom stereocenters. The van der Waals surface area contributed by atoms with Crippen LogP contribution in [-0.2, 0) is 14.8 Å². The lowest BCUT2D eigenvalue weighted by Crippen LogP contribution is -2.11. The summed E-state index contributed by atoms with van der Waals surface area (Å²) in [5.41, 5.74) is 1.31. The number of nitrogens with one attached hydrogen (secondary N) is 1. The molecule has 0 aliphatic heterocycles. The molecule has 126 valence electrons. The molecule has 0 aliphatic rings. The van der Waals surface area contributed by atoms with Crippen molar-refractivity contribution in [2.24, 2.45) is 0 Å². The molecule has 0 radical (unpaired) electrons. The number of ether oxygens (including phenoxy) is 1. The summed E-state index contributed by atoms with van der Waals surface area (Å²) in [6.07, 6.45) is 0. The van der Waals surface area contributed by atoms with Crippen LogP contribution in [0.25, 0.3) is 11.0 Å². The maximum atomic E-state index is 12.4. The Morgan fingerprint density at radius 1 is 1.29 bits per heavy atom. The molecule has 0 saturated heterocycles. The lowest BCUT2D eigenvalue weighted by molar-refractivity contribution is 0.0491. The van der Waals surface area contributed by atoms with E-state index in [0.717, 1.165) is 11.3 Å². The van der Waals surface area contributed by atoms with Gasteiger partial charge in [0.25, 0.3) is 10.0 Å². The zero-order valence-electron chi connectivity index (χ0n) is 13.0. The molecule has 24 heavy (non-hydrogen) atoms. The summed E-state index contributed by atoms with van der Waals surface area (Å²) >= 11 is 1.13. The Hall–Kier alpha value is -2.32. The maximum Gasteiger partial charge on any atom is 0.374 e. The van der Waals surface area contributed by atoms with Crippen LogP contribution in [0.2, 0.25) is 0 Å². The molecule has 0 atom stereocenters. The third-order valence-electron chi connectivity index (χ3n) is 3.42. The molecular weight excluding hydrogens is 350 g/mol. The Morgan fingerprint density at radius 2 is 2.08 bits per heavy atom. The zero-order chi connectivity index (χ0) is 17.3. The van der Waals surface area contributed by atoms with Crippen LogP contribution in [0.1, 0.15) is 23.0 Å². The molecule has 2 aromatic heterocycles. The minimum absolute atomic E-state index is 0.0784. The predicted molar refractivity (Wildman–Crippen MR) is 92.0 cm³/mol. The number of sulfonamides is 1. The number of hydrogen-bond donors (Lipinski definition) is 1. The SMILES string of the molecule is CCOC(=O)c1oc2cccc(NS(=O)(=O)c3cccs3)c2c1C. The number of furan rings is 1. The van der Waals surface area contributed by atoms with E-state index in [0.29, 0.717) is 22.2 Å². The molecule has 0 fully saturated rings. The fourth-order valence-corrected chi connectivity index (χ4v) is 4.46. The van der Waals surface area contributed by atoms with Gasteiger partial charge in [0.2, 0.25) is 5.76 Å². The number of carbonyl (C=O) groups is 1. The highest BCUT2D eigenvalue weighted by Crippen LogP contribution is 2.33. The fourth-order valence-electron chi connectivity index (χ4n) is 2.39. The number of benzene rings is 1. The van der Waals surface area contributed by atoms with Crippen LogP contribution in [0, 0.1) is 6.92 Å². The third-order valence-corrected chi connectivity index (χ3v) is 6.18. The molecule has 1 aromatic carbocycles. The minimum atomic E-state index is -3.69. The van der Waals surface area contributed by atoms with E-state index >= 15 is 0 Å². The molecule has 0 bridgehead atoms. The van der Waals surface area contributed by atoms with Gasteiger partial charge in [0.1, 0.15) is 9.79 Å². The van der Waals surface area contributed by atoms with Gasteiger partial charge >= 0.3 is 5.97 Å². The summed E-state index contributed by atoms with van der Waals surface area (Å²) in [6, 6.07) is 8.16. The molecule has 2 heterocycles. The van der Waals surface area contributed by atoms with Gasteiger partial charge in [-0.2, -0.15) is 0 Å². The monoisotopic (exact) mass is 365 g/mol. The van der Waals surface area contributed by atoms with Gasteiger partial charge in [0.05, 0.1) is 12.3 Å². The number of rotatable bonds is 5. The third kappa shape index (κ3) is 2.90. The Morgan fingerprint density at radius 3 is 2.75 bits per heavy atom. The second kappa shape index (κ2) is 6.29. The molecule has 8 heteroatoms. The van der Waals surface area contributed by atoms with E-state index in [-0.39, 0.29) is 16.6 Å². The highest BCUT2D eigenvalue weighted by Gasteiger charge is 2.23. The van der Waals surface area contributed by atoms with Crippen molar-refractivity contribution in [1.29, 1.82) is 0 Å². The largest absolute Gasteiger partial charge is 0.460 e. The van der Waals surface area contributed by atoms with Gasteiger partial charge in [-0.15, -0.1) is 11.3 Å². The van der Waals surface area contributed by atoms with Gasteiger partial charge in [-0.1, -0.05) is 12.1 Å². The molecule has 3 rings (SSSR count). The maximum absolute atomic E-state index is 12.4. The van der Waals surface area contributed by atoms with Crippen LogP contribution in [0.5, 0.6) is 0 Å². The molecule has 6 nitrogen and oxygen atoms in total. The quantitative estimate of drug-likeness (QED) is 0.696. The number of aryl methyl sites for hydroxylation is 1. The second-order valence-corrected chi connectivity index (χ2v) is 7.85. The van der Waals surface area contributed by atoms with Gasteiger partial charge in [-0.25, -0.2) is 13.2 Å². The second-order valence-electron chi connectivity index (χ2n) is 4.99. The Balaban J connectivity index is 2.08. The predicted octanol–water partition coefficient (Wildman–Crippen LogP) is 3.78. The summed E-state index contributed by atoms with van der Waals surface area (Å²) in [7, 11) is -3.69. The van der Waals surface area contributed by atoms with Crippen LogP contribution >= 0.6 is 11.3 Å². The molecule has 0 amide bonds. The lowest BCUT2D eigenvalue weighted by atomic mass is 10.1. The van der Waals surface area contributed by atoms with Crippen LogP contribution in [0.15, 0.2) is 44.3 Å². The standard InChI is InChI=1S/C16H15NO5S2/c1-3-21-16(18)15-10(2)14-11(6-4-7-12(14)22-15)17-24(19,20)13-8-5-9-23-13/h4-9,17H,3H2,1-2H3. The first kappa shape index (κ1) is 16.5. The van der Waals surface area contributed by atoms with Crippen molar-refractivity contribution in [2.75, 3.05) is 11.3 Å². The molecule has 1 N–H and O–H groups in total. The first-order valence-corrected chi connectivity index (χ1v) is 9.56. The van der Waals surface area contributed by atoms with Gasteiger partial charge in [-0.3, -0.25) is 4.72 Å². The Labute approximate surface area is 143 Å². The summed E-state index contributed by atoms with van der Waals surface area (Å²) in [5, 5.41) is 2.23. The van der Waals surface area contributed by atoms with E-state index in [1.807, 2.05) is 0 Å². The zero-order valence-corrected chi connectivity index (χ0v) is 14.7. The fraction of sp³-hybridized carbons (Fsp3) is 0.188. The first-order chi connectivity index (χ1) is 11.4. The number of anilines is 1. The number of thiophene rings is 1. The van der Waals surface area contributed by atoms with Crippen LogP contribution < -0.4 is 4.72 Å². The Bertz CT molecular complexity index is 987.